The molecule has 0 amide bonds. The van der Waals surface area contributed by atoms with Crippen LogP contribution in [0.2, 0.25) is 0 Å². The highest BCUT2D eigenvalue weighted by Gasteiger charge is 2.36. The molecule has 1 unspecified atom stereocenters. The van der Waals surface area contributed by atoms with Crippen LogP contribution in [-0.2, 0) is 9.53 Å². The largest absolute Gasteiger partial charge is 0.497 e. The first kappa shape index (κ1) is 20.3. The molecule has 28 heavy (non-hydrogen) atoms. The van der Waals surface area contributed by atoms with E-state index in [9.17, 15) is 9.18 Å². The number of nitrogens with zero attached hydrogens (tertiary/aromatic N) is 1. The van der Waals surface area contributed by atoms with Gasteiger partial charge in [-0.3, -0.25) is 4.90 Å². The van der Waals surface area contributed by atoms with E-state index in [-0.39, 0.29) is 5.57 Å². The van der Waals surface area contributed by atoms with Crippen molar-refractivity contribution >= 4 is 44.9 Å². The summed E-state index contributed by atoms with van der Waals surface area (Å²) in [5.41, 5.74) is 1.88. The molecule has 3 rings (SSSR count). The van der Waals surface area contributed by atoms with E-state index in [2.05, 4.69) is 21.2 Å². The van der Waals surface area contributed by atoms with E-state index >= 15 is 0 Å². The molecule has 2 aromatic rings. The van der Waals surface area contributed by atoms with E-state index < -0.39 is 17.8 Å². The summed E-state index contributed by atoms with van der Waals surface area (Å²) in [5.74, 6) is -0.311. The smallest absolute Gasteiger partial charge is 0.337 e. The number of benzene rings is 2. The molecule has 8 heteroatoms. The van der Waals surface area contributed by atoms with Crippen LogP contribution in [0.4, 0.5) is 10.1 Å². The minimum atomic E-state index is -0.771. The van der Waals surface area contributed by atoms with Gasteiger partial charge in [-0.05, 0) is 61.6 Å². The summed E-state index contributed by atoms with van der Waals surface area (Å²) in [6.07, 6.45) is 0. The molecule has 0 saturated heterocycles. The van der Waals surface area contributed by atoms with Crippen LogP contribution in [0.15, 0.2) is 58.2 Å². The second kappa shape index (κ2) is 8.28. The monoisotopic (exact) mass is 464 g/mol. The summed E-state index contributed by atoms with van der Waals surface area (Å²) >= 11 is 8.89. The lowest BCUT2D eigenvalue weighted by atomic mass is 9.94. The van der Waals surface area contributed by atoms with Gasteiger partial charge in [-0.15, -0.1) is 0 Å². The molecule has 1 heterocycles. The molecule has 1 N–H and O–H groups in total. The van der Waals surface area contributed by atoms with Crippen LogP contribution in [0.5, 0.6) is 5.75 Å². The number of anilines is 1. The topological polar surface area (TPSA) is 50.8 Å². The normalized spacial score (nSPS) is 16.7. The van der Waals surface area contributed by atoms with Crippen LogP contribution in [0, 0.1) is 5.82 Å². The molecule has 0 aromatic heterocycles. The van der Waals surface area contributed by atoms with Crippen molar-refractivity contribution < 1.29 is 18.7 Å². The molecule has 0 fully saturated rings. The molecule has 146 valence electrons. The third kappa shape index (κ3) is 3.74. The average Bonchev–Trinajstić information content (AvgIpc) is 2.69. The van der Waals surface area contributed by atoms with Crippen LogP contribution in [0.3, 0.4) is 0 Å². The van der Waals surface area contributed by atoms with E-state index in [1.54, 1.807) is 43.2 Å². The lowest BCUT2D eigenvalue weighted by molar-refractivity contribution is -0.136. The molecular weight excluding hydrogens is 447 g/mol. The molecule has 1 aliphatic rings. The van der Waals surface area contributed by atoms with E-state index in [1.165, 1.54) is 13.2 Å². The number of halogens is 2. The van der Waals surface area contributed by atoms with Crippen LogP contribution in [0.1, 0.15) is 18.5 Å². The van der Waals surface area contributed by atoms with Gasteiger partial charge in [-0.25, -0.2) is 9.18 Å². The maximum atomic E-state index is 14.5. The number of carbonyl (C=O) groups is 1. The lowest BCUT2D eigenvalue weighted by Gasteiger charge is -2.37. The maximum absolute atomic E-state index is 14.5. The highest BCUT2D eigenvalue weighted by Crippen LogP contribution is 2.36. The van der Waals surface area contributed by atoms with Gasteiger partial charge in [0.2, 0.25) is 0 Å². The minimum Gasteiger partial charge on any atom is -0.497 e. The second-order valence-corrected chi connectivity index (χ2v) is 7.37. The van der Waals surface area contributed by atoms with E-state index in [4.69, 9.17) is 21.7 Å². The predicted molar refractivity (Wildman–Crippen MR) is 113 cm³/mol. The van der Waals surface area contributed by atoms with Crippen molar-refractivity contribution in [3.8, 4) is 5.75 Å². The van der Waals surface area contributed by atoms with Crippen molar-refractivity contribution in [3.05, 3.63) is 69.6 Å². The van der Waals surface area contributed by atoms with E-state index in [0.717, 1.165) is 5.69 Å². The van der Waals surface area contributed by atoms with Crippen LogP contribution in [-0.4, -0.2) is 25.3 Å². The van der Waals surface area contributed by atoms with Crippen molar-refractivity contribution in [2.45, 2.75) is 13.0 Å². The number of ether oxygens (including phenoxy) is 2. The summed E-state index contributed by atoms with van der Waals surface area (Å²) in [7, 11) is 2.88. The van der Waals surface area contributed by atoms with Gasteiger partial charge in [-0.1, -0.05) is 15.9 Å². The first-order chi connectivity index (χ1) is 13.4. The number of hydrogen-bond donors (Lipinski definition) is 1. The van der Waals surface area contributed by atoms with Crippen LogP contribution in [0.25, 0.3) is 0 Å². The van der Waals surface area contributed by atoms with Gasteiger partial charge in [0, 0.05) is 21.4 Å². The number of methoxy groups -OCH3 is 2. The molecule has 1 aliphatic heterocycles. The fourth-order valence-corrected chi connectivity index (χ4v) is 3.87. The molecule has 0 aliphatic carbocycles. The molecule has 1 atom stereocenters. The van der Waals surface area contributed by atoms with Crippen LogP contribution >= 0.6 is 28.1 Å². The summed E-state index contributed by atoms with van der Waals surface area (Å²) in [5, 5.41) is 3.43. The molecule has 0 radical (unpaired) electrons. The Morgan fingerprint density at radius 3 is 2.50 bits per heavy atom. The number of nitrogens with one attached hydrogen (secondary N) is 1. The van der Waals surface area contributed by atoms with Gasteiger partial charge in [-0.2, -0.15) is 0 Å². The molecule has 5 nitrogen and oxygen atoms in total. The fraction of sp³-hybridized carbons (Fsp3) is 0.200. The average molecular weight is 465 g/mol. The van der Waals surface area contributed by atoms with Crippen LogP contribution < -0.4 is 15.0 Å². The molecule has 0 spiro atoms. The Balaban J connectivity index is 2.14. The van der Waals surface area contributed by atoms with Gasteiger partial charge < -0.3 is 14.8 Å². The first-order valence-corrected chi connectivity index (χ1v) is 9.56. The third-order valence-corrected chi connectivity index (χ3v) is 5.28. The zero-order chi connectivity index (χ0) is 20.4. The minimum absolute atomic E-state index is 0.281. The van der Waals surface area contributed by atoms with Crippen molar-refractivity contribution in [2.75, 3.05) is 19.1 Å². The van der Waals surface area contributed by atoms with Gasteiger partial charge in [0.15, 0.2) is 5.11 Å². The predicted octanol–water partition coefficient (Wildman–Crippen LogP) is 4.48. The Kier molecular flexibility index (Phi) is 6.00. The van der Waals surface area contributed by atoms with Crippen molar-refractivity contribution in [1.82, 2.24) is 5.32 Å². The summed E-state index contributed by atoms with van der Waals surface area (Å²) in [6.45, 7) is 1.76. The van der Waals surface area contributed by atoms with Crippen molar-refractivity contribution in [2.24, 2.45) is 0 Å². The number of thiocarbonyl (C=S) groups is 1. The molecule has 0 saturated carbocycles. The highest BCUT2D eigenvalue weighted by atomic mass is 79.9. The quantitative estimate of drug-likeness (QED) is 0.531. The third-order valence-electron chi connectivity index (χ3n) is 4.49. The van der Waals surface area contributed by atoms with Crippen molar-refractivity contribution in [1.29, 1.82) is 0 Å². The Hall–Kier alpha value is -2.45. The molecule has 0 bridgehead atoms. The zero-order valence-electron chi connectivity index (χ0n) is 15.5. The van der Waals surface area contributed by atoms with E-state index in [1.807, 2.05) is 12.1 Å². The van der Waals surface area contributed by atoms with E-state index in [0.29, 0.717) is 26.6 Å². The number of allylic oxidation sites excluding steroid dienone is 1. The standard InChI is InChI=1S/C20H18BrFN2O3S/c1-11-17(19(25)27-3)18(15-10-12(21)4-9-16(15)22)23-20(28)24(11)13-5-7-14(26-2)8-6-13/h4-10,18H,1-3H3,(H,23,28). The maximum Gasteiger partial charge on any atom is 0.337 e. The number of esters is 1. The van der Waals surface area contributed by atoms with Crippen molar-refractivity contribution in [3.63, 3.8) is 0 Å². The Morgan fingerprint density at radius 2 is 1.89 bits per heavy atom. The lowest BCUT2D eigenvalue weighted by Crippen LogP contribution is -2.48. The second-order valence-electron chi connectivity index (χ2n) is 6.07. The SMILES string of the molecule is COC(=O)C1=C(C)N(c2ccc(OC)cc2)C(=S)NC1c1cc(Br)ccc1F. The van der Waals surface area contributed by atoms with Gasteiger partial charge in [0.1, 0.15) is 11.6 Å². The Labute approximate surface area is 176 Å². The Morgan fingerprint density at radius 1 is 1.21 bits per heavy atom. The van der Waals surface area contributed by atoms with Gasteiger partial charge in [0.25, 0.3) is 0 Å². The first-order valence-electron chi connectivity index (χ1n) is 8.36. The van der Waals surface area contributed by atoms with Gasteiger partial charge >= 0.3 is 5.97 Å². The highest BCUT2D eigenvalue weighted by molar-refractivity contribution is 9.10. The fourth-order valence-electron chi connectivity index (χ4n) is 3.13. The number of carbonyl (C=O) groups excluding carboxylic acids is 1. The van der Waals surface area contributed by atoms with Gasteiger partial charge in [0.05, 0.1) is 25.8 Å². The number of hydrogen-bond acceptors (Lipinski definition) is 4. The summed E-state index contributed by atoms with van der Waals surface area (Å²) < 4.78 is 25.4. The molecule has 2 aromatic carbocycles. The molecular formula is C20H18BrFN2O3S. The summed E-state index contributed by atoms with van der Waals surface area (Å²) in [6, 6.07) is 11.0. The zero-order valence-corrected chi connectivity index (χ0v) is 17.9. The summed E-state index contributed by atoms with van der Waals surface area (Å²) in [4.78, 5) is 14.3. The number of rotatable bonds is 4. The Bertz CT molecular complexity index is 962.